The van der Waals surface area contributed by atoms with Crippen molar-refractivity contribution in [1.82, 2.24) is 15.2 Å². The quantitative estimate of drug-likeness (QED) is 0.323. The van der Waals surface area contributed by atoms with Crippen LogP contribution < -0.4 is 10.1 Å². The second kappa shape index (κ2) is 10.2. The Hall–Kier alpha value is -3.59. The molecule has 2 aliphatic rings. The summed E-state index contributed by atoms with van der Waals surface area (Å²) in [5, 5.41) is 4.11. The molecule has 10 heteroatoms. The minimum Gasteiger partial charge on any atom is -0.488 e. The number of likely N-dealkylation sites (tertiary alicyclic amines) is 1. The molecule has 2 heterocycles. The van der Waals surface area contributed by atoms with Gasteiger partial charge in [0.15, 0.2) is 0 Å². The highest BCUT2D eigenvalue weighted by molar-refractivity contribution is 6.31. The van der Waals surface area contributed by atoms with Crippen LogP contribution in [0, 0.1) is 5.92 Å². The van der Waals surface area contributed by atoms with Crippen molar-refractivity contribution in [3.05, 3.63) is 60.5 Å². The van der Waals surface area contributed by atoms with E-state index in [-0.39, 0.29) is 31.2 Å². The van der Waals surface area contributed by atoms with Crippen LogP contribution in [0.15, 0.2) is 55.5 Å². The van der Waals surface area contributed by atoms with Crippen LogP contribution in [-0.4, -0.2) is 58.7 Å². The number of esters is 1. The number of aromatic nitrogens is 1. The fourth-order valence-electron chi connectivity index (χ4n) is 4.48. The van der Waals surface area contributed by atoms with Gasteiger partial charge >= 0.3 is 12.1 Å². The van der Waals surface area contributed by atoms with Crippen molar-refractivity contribution in [1.29, 1.82) is 0 Å². The zero-order valence-electron chi connectivity index (χ0n) is 20.2. The largest absolute Gasteiger partial charge is 0.488 e. The van der Waals surface area contributed by atoms with E-state index >= 15 is 0 Å². The van der Waals surface area contributed by atoms with Crippen molar-refractivity contribution in [3.8, 4) is 5.75 Å². The molecule has 2 aromatic rings. The maximum atomic E-state index is 13.4. The number of nitrogens with one attached hydrogen (secondary N) is 1. The molecule has 1 saturated carbocycles. The van der Waals surface area contributed by atoms with Crippen LogP contribution in [0.25, 0.3) is 10.9 Å². The molecule has 36 heavy (non-hydrogen) atoms. The number of fused-ring (bicyclic) bond motifs is 1. The van der Waals surface area contributed by atoms with Crippen LogP contribution in [0.1, 0.15) is 26.7 Å². The third-order valence-corrected chi connectivity index (χ3v) is 6.54. The van der Waals surface area contributed by atoms with E-state index in [0.29, 0.717) is 22.7 Å². The number of nitrogens with zero attached hydrogens (tertiary/aromatic N) is 2. The van der Waals surface area contributed by atoms with Gasteiger partial charge < -0.3 is 19.5 Å². The number of ether oxygens (including phenoxy) is 3. The predicted molar refractivity (Wildman–Crippen MR) is 133 cm³/mol. The molecule has 190 valence electrons. The van der Waals surface area contributed by atoms with Gasteiger partial charge in [0, 0.05) is 28.9 Å². The summed E-state index contributed by atoms with van der Waals surface area (Å²) in [5.74, 6) is -0.527. The molecule has 1 aromatic carbocycles. The summed E-state index contributed by atoms with van der Waals surface area (Å²) < 4.78 is 16.6. The molecule has 1 aliphatic carbocycles. The Balaban J connectivity index is 1.56. The van der Waals surface area contributed by atoms with E-state index in [4.69, 9.17) is 25.8 Å². The lowest BCUT2D eigenvalue weighted by Gasteiger charge is -2.25. The smallest absolute Gasteiger partial charge is 0.415 e. The Morgan fingerprint density at radius 3 is 2.78 bits per heavy atom. The second-order valence-corrected chi connectivity index (χ2v) is 9.35. The molecular weight excluding hydrogens is 486 g/mol. The molecule has 4 rings (SSSR count). The van der Waals surface area contributed by atoms with Crippen molar-refractivity contribution in [2.45, 2.75) is 44.4 Å². The van der Waals surface area contributed by atoms with Crippen LogP contribution in [-0.2, 0) is 19.1 Å². The van der Waals surface area contributed by atoms with E-state index in [1.54, 1.807) is 50.4 Å². The number of allylic oxidation sites excluding steroid dienone is 1. The topological polar surface area (TPSA) is 107 Å². The predicted octanol–water partition coefficient (Wildman–Crippen LogP) is 4.00. The average molecular weight is 514 g/mol. The molecule has 0 radical (unpaired) electrons. The number of pyridine rings is 1. The number of carbonyl (C=O) groups excluding carboxylic acids is 3. The lowest BCUT2D eigenvalue weighted by Crippen LogP contribution is -2.53. The van der Waals surface area contributed by atoms with E-state index in [1.807, 2.05) is 0 Å². The molecule has 1 N–H and O–H groups in total. The van der Waals surface area contributed by atoms with Crippen molar-refractivity contribution < 1.29 is 28.6 Å². The van der Waals surface area contributed by atoms with Gasteiger partial charge in [-0.3, -0.25) is 14.7 Å². The van der Waals surface area contributed by atoms with Crippen molar-refractivity contribution in [3.63, 3.8) is 0 Å². The van der Waals surface area contributed by atoms with E-state index in [9.17, 15) is 14.4 Å². The Kier molecular flexibility index (Phi) is 7.21. The highest BCUT2D eigenvalue weighted by Crippen LogP contribution is 2.45. The number of carbonyl (C=O) groups is 3. The summed E-state index contributed by atoms with van der Waals surface area (Å²) >= 11 is 6.08. The number of benzene rings is 1. The Labute approximate surface area is 214 Å². The molecule has 0 unspecified atom stereocenters. The van der Waals surface area contributed by atoms with Crippen molar-refractivity contribution in [2.75, 3.05) is 13.2 Å². The monoisotopic (exact) mass is 513 g/mol. The number of rotatable bonds is 8. The first kappa shape index (κ1) is 25.5. The Morgan fingerprint density at radius 1 is 1.33 bits per heavy atom. The van der Waals surface area contributed by atoms with Crippen molar-refractivity contribution >= 4 is 40.5 Å². The normalized spacial score (nSPS) is 24.6. The van der Waals surface area contributed by atoms with Gasteiger partial charge in [0.1, 0.15) is 23.4 Å². The van der Waals surface area contributed by atoms with E-state index in [1.165, 1.54) is 4.90 Å². The molecular formula is C26H28ClN3O6. The van der Waals surface area contributed by atoms with E-state index in [2.05, 4.69) is 23.5 Å². The molecule has 1 saturated heterocycles. The second-order valence-electron chi connectivity index (χ2n) is 8.91. The van der Waals surface area contributed by atoms with Gasteiger partial charge in [-0.1, -0.05) is 24.3 Å². The van der Waals surface area contributed by atoms with Gasteiger partial charge in [-0.05, 0) is 44.5 Å². The zero-order valence-corrected chi connectivity index (χ0v) is 20.9. The van der Waals surface area contributed by atoms with Crippen LogP contribution in [0.5, 0.6) is 5.75 Å². The fraction of sp³-hybridized carbons (Fsp3) is 0.385. The summed E-state index contributed by atoms with van der Waals surface area (Å²) in [7, 11) is 0. The fourth-order valence-corrected chi connectivity index (χ4v) is 4.65. The molecule has 2 fully saturated rings. The molecule has 0 bridgehead atoms. The van der Waals surface area contributed by atoms with Crippen molar-refractivity contribution in [2.24, 2.45) is 5.92 Å². The lowest BCUT2D eigenvalue weighted by atomic mass is 10.1. The first-order valence-corrected chi connectivity index (χ1v) is 12.0. The number of amides is 2. The molecule has 0 spiro atoms. The number of hydrogen-bond acceptors (Lipinski definition) is 7. The molecule has 2 amide bonds. The summed E-state index contributed by atoms with van der Waals surface area (Å²) in [6, 6.07) is 6.06. The maximum Gasteiger partial charge on any atom is 0.415 e. The number of hydrogen-bond donors (Lipinski definition) is 1. The summed E-state index contributed by atoms with van der Waals surface area (Å²) in [6.07, 6.45) is 2.55. The Morgan fingerprint density at radius 2 is 2.11 bits per heavy atom. The first-order chi connectivity index (χ1) is 17.2. The summed E-state index contributed by atoms with van der Waals surface area (Å²) in [4.78, 5) is 44.5. The van der Waals surface area contributed by atoms with Crippen LogP contribution in [0.3, 0.4) is 0 Å². The third kappa shape index (κ3) is 5.02. The minimum atomic E-state index is -1.18. The van der Waals surface area contributed by atoms with Gasteiger partial charge in [-0.25, -0.2) is 9.59 Å². The lowest BCUT2D eigenvalue weighted by molar-refractivity contribution is -0.149. The average Bonchev–Trinajstić information content (AvgIpc) is 3.38. The van der Waals surface area contributed by atoms with Crippen LogP contribution in [0.4, 0.5) is 4.79 Å². The summed E-state index contributed by atoms with van der Waals surface area (Å²) in [6.45, 7) is 10.9. The summed E-state index contributed by atoms with van der Waals surface area (Å²) in [5.41, 5.74) is -0.524. The first-order valence-electron chi connectivity index (χ1n) is 11.6. The Bertz CT molecular complexity index is 1230. The van der Waals surface area contributed by atoms with E-state index < -0.39 is 35.7 Å². The molecule has 1 aliphatic heterocycles. The number of halogens is 1. The molecule has 9 nitrogen and oxygen atoms in total. The molecule has 4 atom stereocenters. The van der Waals surface area contributed by atoms with Gasteiger partial charge in [0.25, 0.3) is 0 Å². The molecule has 1 aromatic heterocycles. The minimum absolute atomic E-state index is 0.0961. The maximum absolute atomic E-state index is 13.4. The van der Waals surface area contributed by atoms with E-state index in [0.717, 1.165) is 5.39 Å². The zero-order chi connectivity index (χ0) is 26.0. The van der Waals surface area contributed by atoms with Crippen LogP contribution >= 0.6 is 11.6 Å². The standard InChI is InChI=1S/C26H28ClN3O6/c1-5-16-13-26(16,24(32)34-6-2)29-23(31)21-12-18(14-30(21)25(33)35-15(3)4)36-22-9-10-28-20-11-17(27)7-8-19(20)22/h5,7-11,16,18,21H,1,3,6,12-14H2,2,4H3,(H,29,31)/t16-,18+,21-,26-/m0/s1. The van der Waals surface area contributed by atoms with Gasteiger partial charge in [-0.15, -0.1) is 6.58 Å². The third-order valence-electron chi connectivity index (χ3n) is 6.31. The van der Waals surface area contributed by atoms with Gasteiger partial charge in [0.05, 0.1) is 24.4 Å². The van der Waals surface area contributed by atoms with Gasteiger partial charge in [-0.2, -0.15) is 0 Å². The highest BCUT2D eigenvalue weighted by atomic mass is 35.5. The van der Waals surface area contributed by atoms with Gasteiger partial charge in [0.2, 0.25) is 5.91 Å². The SMILES string of the molecule is C=C[C@H]1C[C@@]1(NC(=O)[C@@H]1C[C@@H](Oc2ccnc3cc(Cl)ccc23)CN1C(=O)OC(=C)C)C(=O)OCC. The highest BCUT2D eigenvalue weighted by Gasteiger charge is 2.62. The van der Waals surface area contributed by atoms with Crippen LogP contribution in [0.2, 0.25) is 5.02 Å².